The van der Waals surface area contributed by atoms with Gasteiger partial charge in [-0.3, -0.25) is 0 Å². The minimum absolute atomic E-state index is 0.107. The highest BCUT2D eigenvalue weighted by Crippen LogP contribution is 2.26. The summed E-state index contributed by atoms with van der Waals surface area (Å²) in [5, 5.41) is 4.11. The summed E-state index contributed by atoms with van der Waals surface area (Å²) in [6, 6.07) is 8.27. The first-order chi connectivity index (χ1) is 14.8. The molecule has 4 rings (SSSR count). The first-order valence-corrected chi connectivity index (χ1v) is 11.0. The fourth-order valence-corrected chi connectivity index (χ4v) is 3.64. The van der Waals surface area contributed by atoms with E-state index < -0.39 is 0 Å². The van der Waals surface area contributed by atoms with Crippen LogP contribution in [-0.2, 0) is 12.0 Å². The van der Waals surface area contributed by atoms with Crippen LogP contribution in [0.5, 0.6) is 5.88 Å². The number of ether oxygens (including phenoxy) is 1. The first kappa shape index (κ1) is 21.3. The maximum absolute atomic E-state index is 5.97. The van der Waals surface area contributed by atoms with E-state index in [1.807, 2.05) is 26.0 Å². The van der Waals surface area contributed by atoms with Gasteiger partial charge in [0, 0.05) is 29.9 Å². The molecule has 0 N–H and O–H groups in total. The lowest BCUT2D eigenvalue weighted by molar-refractivity contribution is 0.233. The Kier molecular flexibility index (Phi) is 5.94. The lowest BCUT2D eigenvalue weighted by Gasteiger charge is -2.27. The van der Waals surface area contributed by atoms with Gasteiger partial charge >= 0.3 is 0 Å². The molecule has 1 aliphatic heterocycles. The SMILES string of the molecule is Cc1nc(N2CCCCC2)nc(OCc2nc(-c3ccc(C(C)(C)C)cc3)no2)c1C. The average molecular weight is 422 g/mol. The zero-order chi connectivity index (χ0) is 22.0. The van der Waals surface area contributed by atoms with Crippen LogP contribution in [0.4, 0.5) is 5.95 Å². The number of piperidine rings is 1. The number of aryl methyl sites for hydroxylation is 1. The van der Waals surface area contributed by atoms with Gasteiger partial charge in [0.05, 0.1) is 0 Å². The summed E-state index contributed by atoms with van der Waals surface area (Å²) in [4.78, 5) is 16.1. The van der Waals surface area contributed by atoms with Crippen molar-refractivity contribution in [2.75, 3.05) is 18.0 Å². The molecule has 1 aromatic carbocycles. The minimum Gasteiger partial charge on any atom is -0.467 e. The summed E-state index contributed by atoms with van der Waals surface area (Å²) in [5.74, 6) is 2.29. The van der Waals surface area contributed by atoms with Gasteiger partial charge < -0.3 is 14.2 Å². The number of benzene rings is 1. The fraction of sp³-hybridized carbons (Fsp3) is 0.500. The molecule has 1 fully saturated rings. The molecule has 0 aliphatic carbocycles. The maximum Gasteiger partial charge on any atom is 0.264 e. The van der Waals surface area contributed by atoms with Gasteiger partial charge in [-0.15, -0.1) is 0 Å². The predicted molar refractivity (Wildman–Crippen MR) is 120 cm³/mol. The molecule has 0 unspecified atom stereocenters. The maximum atomic E-state index is 5.97. The summed E-state index contributed by atoms with van der Waals surface area (Å²) in [7, 11) is 0. The van der Waals surface area contributed by atoms with Crippen LogP contribution in [0.3, 0.4) is 0 Å². The molecular weight excluding hydrogens is 390 g/mol. The molecular formula is C24H31N5O2. The number of rotatable bonds is 5. The van der Waals surface area contributed by atoms with Crippen molar-refractivity contribution in [3.8, 4) is 17.3 Å². The Bertz CT molecular complexity index is 1030. The average Bonchev–Trinajstić information content (AvgIpc) is 3.24. The molecule has 0 radical (unpaired) electrons. The Balaban J connectivity index is 1.46. The standard InChI is InChI=1S/C24H31N5O2/c1-16-17(2)25-23(29-13-7-6-8-14-29)27-22(16)30-15-20-26-21(28-31-20)18-9-11-19(12-10-18)24(3,4)5/h9-12H,6-8,13-15H2,1-5H3. The summed E-state index contributed by atoms with van der Waals surface area (Å²) in [6.07, 6.45) is 3.62. The lowest BCUT2D eigenvalue weighted by atomic mass is 9.87. The predicted octanol–water partition coefficient (Wildman–Crippen LogP) is 5.01. The van der Waals surface area contributed by atoms with Crippen LogP contribution in [0.1, 0.15) is 62.7 Å². The number of aromatic nitrogens is 4. The third-order valence-corrected chi connectivity index (χ3v) is 5.78. The highest BCUT2D eigenvalue weighted by molar-refractivity contribution is 5.55. The quantitative estimate of drug-likeness (QED) is 0.573. The fourth-order valence-electron chi connectivity index (χ4n) is 3.64. The van der Waals surface area contributed by atoms with Gasteiger partial charge in [-0.05, 0) is 44.1 Å². The second-order valence-electron chi connectivity index (χ2n) is 9.21. The van der Waals surface area contributed by atoms with E-state index in [1.165, 1.54) is 24.8 Å². The van der Waals surface area contributed by atoms with Crippen molar-refractivity contribution in [1.82, 2.24) is 20.1 Å². The van der Waals surface area contributed by atoms with Gasteiger partial charge in [-0.1, -0.05) is 50.2 Å². The molecule has 7 nitrogen and oxygen atoms in total. The van der Waals surface area contributed by atoms with E-state index >= 15 is 0 Å². The minimum atomic E-state index is 0.107. The highest BCUT2D eigenvalue weighted by atomic mass is 16.5. The van der Waals surface area contributed by atoms with Crippen LogP contribution in [0.2, 0.25) is 0 Å². The van der Waals surface area contributed by atoms with E-state index in [0.29, 0.717) is 17.6 Å². The van der Waals surface area contributed by atoms with Crippen molar-refractivity contribution >= 4 is 5.95 Å². The smallest absolute Gasteiger partial charge is 0.264 e. The van der Waals surface area contributed by atoms with Crippen molar-refractivity contribution in [3.05, 3.63) is 47.0 Å². The van der Waals surface area contributed by atoms with Crippen LogP contribution in [0.15, 0.2) is 28.8 Å². The second kappa shape index (κ2) is 8.65. The van der Waals surface area contributed by atoms with Crippen LogP contribution >= 0.6 is 0 Å². The second-order valence-corrected chi connectivity index (χ2v) is 9.21. The molecule has 7 heteroatoms. The Morgan fingerprint density at radius 2 is 1.68 bits per heavy atom. The molecule has 0 saturated carbocycles. The molecule has 1 saturated heterocycles. The summed E-state index contributed by atoms with van der Waals surface area (Å²) < 4.78 is 11.4. The number of hydrogen-bond acceptors (Lipinski definition) is 7. The van der Waals surface area contributed by atoms with Crippen molar-refractivity contribution < 1.29 is 9.26 Å². The van der Waals surface area contributed by atoms with Crippen molar-refractivity contribution in [3.63, 3.8) is 0 Å². The molecule has 2 aromatic heterocycles. The monoisotopic (exact) mass is 421 g/mol. The molecule has 0 atom stereocenters. The normalized spacial score (nSPS) is 14.7. The van der Waals surface area contributed by atoms with E-state index in [2.05, 4.69) is 57.9 Å². The van der Waals surface area contributed by atoms with Crippen molar-refractivity contribution in [1.29, 1.82) is 0 Å². The third kappa shape index (κ3) is 4.86. The summed E-state index contributed by atoms with van der Waals surface area (Å²) in [6.45, 7) is 12.7. The molecule has 164 valence electrons. The number of hydrogen-bond donors (Lipinski definition) is 0. The van der Waals surface area contributed by atoms with Gasteiger partial charge in [0.25, 0.3) is 5.89 Å². The van der Waals surface area contributed by atoms with E-state index in [9.17, 15) is 0 Å². The Morgan fingerprint density at radius 1 is 0.968 bits per heavy atom. The van der Waals surface area contributed by atoms with Crippen LogP contribution in [0.25, 0.3) is 11.4 Å². The number of anilines is 1. The molecule has 0 amide bonds. The molecule has 1 aliphatic rings. The van der Waals surface area contributed by atoms with Crippen LogP contribution < -0.4 is 9.64 Å². The molecule has 0 bridgehead atoms. The van der Waals surface area contributed by atoms with E-state index in [4.69, 9.17) is 9.26 Å². The Hall–Kier alpha value is -2.96. The first-order valence-electron chi connectivity index (χ1n) is 11.0. The van der Waals surface area contributed by atoms with Gasteiger partial charge in [-0.2, -0.15) is 9.97 Å². The van der Waals surface area contributed by atoms with Crippen LogP contribution in [-0.4, -0.2) is 33.2 Å². The van der Waals surface area contributed by atoms with E-state index in [0.717, 1.165) is 35.9 Å². The molecule has 3 aromatic rings. The van der Waals surface area contributed by atoms with Gasteiger partial charge in [0.2, 0.25) is 17.7 Å². The van der Waals surface area contributed by atoms with Crippen molar-refractivity contribution in [2.45, 2.75) is 65.9 Å². The number of nitrogens with zero attached hydrogens (tertiary/aromatic N) is 5. The van der Waals surface area contributed by atoms with E-state index in [-0.39, 0.29) is 12.0 Å². The van der Waals surface area contributed by atoms with Crippen molar-refractivity contribution in [2.24, 2.45) is 0 Å². The van der Waals surface area contributed by atoms with Crippen LogP contribution in [0, 0.1) is 13.8 Å². The zero-order valence-corrected chi connectivity index (χ0v) is 19.1. The largest absolute Gasteiger partial charge is 0.467 e. The molecule has 3 heterocycles. The lowest BCUT2D eigenvalue weighted by Crippen LogP contribution is -2.31. The van der Waals surface area contributed by atoms with E-state index in [1.54, 1.807) is 0 Å². The summed E-state index contributed by atoms with van der Waals surface area (Å²) in [5.41, 5.74) is 4.15. The highest BCUT2D eigenvalue weighted by Gasteiger charge is 2.18. The van der Waals surface area contributed by atoms with Gasteiger partial charge in [0.15, 0.2) is 6.61 Å². The molecule has 31 heavy (non-hydrogen) atoms. The molecule has 0 spiro atoms. The van der Waals surface area contributed by atoms with Gasteiger partial charge in [-0.25, -0.2) is 4.98 Å². The zero-order valence-electron chi connectivity index (χ0n) is 19.1. The Labute approximate surface area is 183 Å². The topological polar surface area (TPSA) is 77.2 Å². The third-order valence-electron chi connectivity index (χ3n) is 5.78. The van der Waals surface area contributed by atoms with Gasteiger partial charge in [0.1, 0.15) is 0 Å². The summed E-state index contributed by atoms with van der Waals surface area (Å²) >= 11 is 0. The Morgan fingerprint density at radius 3 is 2.35 bits per heavy atom.